The molecular formula is C14H19N3O4S. The maximum atomic E-state index is 12.4. The van der Waals surface area contributed by atoms with Crippen LogP contribution in [0.2, 0.25) is 0 Å². The molecule has 0 aromatic carbocycles. The standard InChI is InChI=1S/C14H19N3O4S/c18-14(12-9-13(21-15-12)10-1-2-10)16-5-7-17(8-6-16)22(19,20)11-3-4-11/h9-11H,1-8H2. The van der Waals surface area contributed by atoms with Crippen LogP contribution in [0.5, 0.6) is 0 Å². The SMILES string of the molecule is O=C(c1cc(C2CC2)on1)N1CCN(S(=O)(=O)C2CC2)CC1. The van der Waals surface area contributed by atoms with E-state index in [0.717, 1.165) is 31.4 Å². The minimum absolute atomic E-state index is 0.167. The van der Waals surface area contributed by atoms with E-state index < -0.39 is 10.0 Å². The first-order chi connectivity index (χ1) is 10.6. The van der Waals surface area contributed by atoms with E-state index in [1.807, 2.05) is 0 Å². The van der Waals surface area contributed by atoms with Gasteiger partial charge in [-0.15, -0.1) is 0 Å². The van der Waals surface area contributed by atoms with Gasteiger partial charge in [0.15, 0.2) is 5.69 Å². The molecule has 2 saturated carbocycles. The summed E-state index contributed by atoms with van der Waals surface area (Å²) in [4.78, 5) is 14.1. The van der Waals surface area contributed by atoms with E-state index in [0.29, 0.717) is 37.8 Å². The zero-order valence-corrected chi connectivity index (χ0v) is 13.1. The van der Waals surface area contributed by atoms with Crippen LogP contribution in [0.4, 0.5) is 0 Å². The van der Waals surface area contributed by atoms with Crippen molar-refractivity contribution in [2.45, 2.75) is 36.9 Å². The molecule has 1 amide bonds. The lowest BCUT2D eigenvalue weighted by Crippen LogP contribution is -2.51. The molecule has 0 N–H and O–H groups in total. The van der Waals surface area contributed by atoms with E-state index in [-0.39, 0.29) is 11.2 Å². The first-order valence-electron chi connectivity index (χ1n) is 7.80. The highest BCUT2D eigenvalue weighted by atomic mass is 32.2. The molecule has 1 aromatic rings. The van der Waals surface area contributed by atoms with E-state index in [9.17, 15) is 13.2 Å². The van der Waals surface area contributed by atoms with Gasteiger partial charge in [-0.25, -0.2) is 8.42 Å². The summed E-state index contributed by atoms with van der Waals surface area (Å²) in [7, 11) is -3.14. The fraction of sp³-hybridized carbons (Fsp3) is 0.714. The van der Waals surface area contributed by atoms with Gasteiger partial charge in [-0.3, -0.25) is 4.79 Å². The highest BCUT2D eigenvalue weighted by Gasteiger charge is 2.41. The van der Waals surface area contributed by atoms with Gasteiger partial charge in [0, 0.05) is 38.2 Å². The van der Waals surface area contributed by atoms with Gasteiger partial charge in [0.2, 0.25) is 10.0 Å². The molecular weight excluding hydrogens is 306 g/mol. The predicted molar refractivity (Wildman–Crippen MR) is 77.9 cm³/mol. The summed E-state index contributed by atoms with van der Waals surface area (Å²) in [6.07, 6.45) is 3.73. The molecule has 1 saturated heterocycles. The second-order valence-corrected chi connectivity index (χ2v) is 8.54. The lowest BCUT2D eigenvalue weighted by molar-refractivity contribution is 0.0687. The number of piperazine rings is 1. The Balaban J connectivity index is 1.39. The molecule has 22 heavy (non-hydrogen) atoms. The third-order valence-electron chi connectivity index (χ3n) is 4.56. The van der Waals surface area contributed by atoms with E-state index >= 15 is 0 Å². The fourth-order valence-corrected chi connectivity index (χ4v) is 4.66. The lowest BCUT2D eigenvalue weighted by Gasteiger charge is -2.33. The smallest absolute Gasteiger partial charge is 0.276 e. The number of aromatic nitrogens is 1. The number of carbonyl (C=O) groups excluding carboxylic acids is 1. The molecule has 2 aliphatic carbocycles. The van der Waals surface area contributed by atoms with Crippen molar-refractivity contribution in [1.29, 1.82) is 0 Å². The normalized spacial score (nSPS) is 23.7. The number of sulfonamides is 1. The van der Waals surface area contributed by atoms with Crippen molar-refractivity contribution in [1.82, 2.24) is 14.4 Å². The molecule has 7 nitrogen and oxygen atoms in total. The van der Waals surface area contributed by atoms with Crippen molar-refractivity contribution in [2.75, 3.05) is 26.2 Å². The summed E-state index contributed by atoms with van der Waals surface area (Å²) >= 11 is 0. The predicted octanol–water partition coefficient (Wildman–Crippen LogP) is 0.802. The zero-order chi connectivity index (χ0) is 15.3. The number of rotatable bonds is 4. The van der Waals surface area contributed by atoms with Crippen LogP contribution in [-0.4, -0.2) is 60.1 Å². The third-order valence-corrected chi connectivity index (χ3v) is 6.96. The Kier molecular flexibility index (Phi) is 3.26. The van der Waals surface area contributed by atoms with Crippen LogP contribution in [0.25, 0.3) is 0 Å². The number of amides is 1. The Morgan fingerprint density at radius 1 is 1.14 bits per heavy atom. The molecule has 0 atom stereocenters. The number of nitrogens with zero attached hydrogens (tertiary/aromatic N) is 3. The van der Waals surface area contributed by atoms with Crippen LogP contribution in [0.15, 0.2) is 10.6 Å². The van der Waals surface area contributed by atoms with Gasteiger partial charge < -0.3 is 9.42 Å². The van der Waals surface area contributed by atoms with Gasteiger partial charge in [0.1, 0.15) is 5.76 Å². The molecule has 3 aliphatic rings. The highest BCUT2D eigenvalue weighted by Crippen LogP contribution is 2.40. The second kappa shape index (κ2) is 5.06. The van der Waals surface area contributed by atoms with E-state index in [2.05, 4.69) is 5.16 Å². The summed E-state index contributed by atoms with van der Waals surface area (Å²) in [5.74, 6) is 1.05. The minimum atomic E-state index is -3.14. The first-order valence-corrected chi connectivity index (χ1v) is 9.31. The average Bonchev–Trinajstić information content (AvgIpc) is 3.44. The molecule has 3 fully saturated rings. The summed E-state index contributed by atoms with van der Waals surface area (Å²) in [5.41, 5.74) is 0.334. The second-order valence-electron chi connectivity index (χ2n) is 6.32. The molecule has 4 rings (SSSR count). The van der Waals surface area contributed by atoms with Gasteiger partial charge in [-0.2, -0.15) is 4.31 Å². The molecule has 8 heteroatoms. The van der Waals surface area contributed by atoms with Crippen molar-refractivity contribution in [3.8, 4) is 0 Å². The summed E-state index contributed by atoms with van der Waals surface area (Å²) in [6, 6.07) is 1.73. The van der Waals surface area contributed by atoms with Crippen molar-refractivity contribution < 1.29 is 17.7 Å². The van der Waals surface area contributed by atoms with Crippen molar-refractivity contribution in [3.63, 3.8) is 0 Å². The Bertz CT molecular complexity index is 683. The largest absolute Gasteiger partial charge is 0.360 e. The summed E-state index contributed by atoms with van der Waals surface area (Å²) in [6.45, 7) is 1.57. The van der Waals surface area contributed by atoms with Crippen LogP contribution in [0.3, 0.4) is 0 Å². The first kappa shape index (κ1) is 14.2. The third kappa shape index (κ3) is 2.54. The van der Waals surface area contributed by atoms with Crippen LogP contribution in [0.1, 0.15) is 47.8 Å². The minimum Gasteiger partial charge on any atom is -0.360 e. The van der Waals surface area contributed by atoms with E-state index in [4.69, 9.17) is 4.52 Å². The number of hydrogen-bond donors (Lipinski definition) is 0. The quantitative estimate of drug-likeness (QED) is 0.818. The molecule has 0 radical (unpaired) electrons. The van der Waals surface area contributed by atoms with Crippen molar-refractivity contribution >= 4 is 15.9 Å². The topological polar surface area (TPSA) is 83.7 Å². The summed E-state index contributed by atoms with van der Waals surface area (Å²) < 4.78 is 31.1. The molecule has 1 aliphatic heterocycles. The zero-order valence-electron chi connectivity index (χ0n) is 12.3. The average molecular weight is 325 g/mol. The summed E-state index contributed by atoms with van der Waals surface area (Å²) in [5, 5.41) is 3.67. The van der Waals surface area contributed by atoms with Gasteiger partial charge in [0.25, 0.3) is 5.91 Å². The Labute approximate surface area is 129 Å². The lowest BCUT2D eigenvalue weighted by atomic mass is 10.2. The molecule has 120 valence electrons. The van der Waals surface area contributed by atoms with Crippen LogP contribution in [0, 0.1) is 0 Å². The van der Waals surface area contributed by atoms with Gasteiger partial charge in [-0.05, 0) is 25.7 Å². The van der Waals surface area contributed by atoms with Crippen LogP contribution < -0.4 is 0 Å². The number of hydrogen-bond acceptors (Lipinski definition) is 5. The van der Waals surface area contributed by atoms with E-state index in [1.54, 1.807) is 11.0 Å². The van der Waals surface area contributed by atoms with Crippen LogP contribution >= 0.6 is 0 Å². The monoisotopic (exact) mass is 325 g/mol. The Morgan fingerprint density at radius 3 is 2.41 bits per heavy atom. The van der Waals surface area contributed by atoms with Gasteiger partial charge in [0.05, 0.1) is 5.25 Å². The molecule has 1 aromatic heterocycles. The Hall–Kier alpha value is -1.41. The fourth-order valence-electron chi connectivity index (χ4n) is 2.83. The molecule has 2 heterocycles. The maximum Gasteiger partial charge on any atom is 0.276 e. The van der Waals surface area contributed by atoms with Crippen LogP contribution in [-0.2, 0) is 10.0 Å². The van der Waals surface area contributed by atoms with Crippen molar-refractivity contribution in [2.24, 2.45) is 0 Å². The van der Waals surface area contributed by atoms with Gasteiger partial charge >= 0.3 is 0 Å². The van der Waals surface area contributed by atoms with Crippen molar-refractivity contribution in [3.05, 3.63) is 17.5 Å². The van der Waals surface area contributed by atoms with E-state index in [1.165, 1.54) is 4.31 Å². The van der Waals surface area contributed by atoms with Gasteiger partial charge in [-0.1, -0.05) is 5.16 Å². The molecule has 0 bridgehead atoms. The Morgan fingerprint density at radius 2 is 1.82 bits per heavy atom. The molecule has 0 unspecified atom stereocenters. The number of carbonyl (C=O) groups is 1. The molecule has 0 spiro atoms. The maximum absolute atomic E-state index is 12.4. The highest BCUT2D eigenvalue weighted by molar-refractivity contribution is 7.90.